The number of amides is 1. The van der Waals surface area contributed by atoms with E-state index < -0.39 is 6.04 Å². The first kappa shape index (κ1) is 17.1. The van der Waals surface area contributed by atoms with E-state index in [-0.39, 0.29) is 18.3 Å². The predicted octanol–water partition coefficient (Wildman–Crippen LogP) is 3.87. The number of hydrogen-bond donors (Lipinski definition) is 2. The fourth-order valence-electron chi connectivity index (χ4n) is 2.06. The Hall–Kier alpha value is -2.21. The highest BCUT2D eigenvalue weighted by Gasteiger charge is 2.16. The molecule has 0 spiro atoms. The van der Waals surface area contributed by atoms with Crippen LogP contribution in [-0.4, -0.2) is 10.9 Å². The number of hydrogen-bond acceptors (Lipinski definition) is 4. The van der Waals surface area contributed by atoms with Crippen LogP contribution in [0, 0.1) is 0 Å². The topological polar surface area (TPSA) is 68.0 Å². The average Bonchev–Trinajstić information content (AvgIpc) is 3.04. The molecule has 0 saturated carbocycles. The van der Waals surface area contributed by atoms with Crippen LogP contribution in [0.25, 0.3) is 10.6 Å². The monoisotopic (exact) mass is 345 g/mol. The van der Waals surface area contributed by atoms with Crippen molar-refractivity contribution in [3.8, 4) is 10.6 Å². The van der Waals surface area contributed by atoms with Crippen molar-refractivity contribution in [1.82, 2.24) is 4.98 Å². The average molecular weight is 346 g/mol. The first-order valence-corrected chi connectivity index (χ1v) is 7.68. The number of halogens is 1. The summed E-state index contributed by atoms with van der Waals surface area (Å²) in [5.74, 6) is -0.241. The highest BCUT2D eigenvalue weighted by atomic mass is 35.5. The Labute approximate surface area is 144 Å². The van der Waals surface area contributed by atoms with Crippen molar-refractivity contribution in [3.63, 3.8) is 0 Å². The minimum Gasteiger partial charge on any atom is -0.316 e. The molecule has 1 atom stereocenters. The number of thiazole rings is 1. The Bertz CT molecular complexity index is 762. The maximum Gasteiger partial charge on any atom is 0.246 e. The number of nitrogens with two attached hydrogens (primary N) is 1. The van der Waals surface area contributed by atoms with Gasteiger partial charge in [-0.05, 0) is 5.56 Å². The number of carbonyl (C=O) groups is 1. The zero-order chi connectivity index (χ0) is 15.4. The fraction of sp³-hybridized carbons (Fsp3) is 0.0588. The van der Waals surface area contributed by atoms with Crippen molar-refractivity contribution in [2.45, 2.75) is 6.04 Å². The van der Waals surface area contributed by atoms with E-state index in [1.807, 2.05) is 60.7 Å². The van der Waals surface area contributed by atoms with E-state index >= 15 is 0 Å². The number of benzene rings is 2. The largest absolute Gasteiger partial charge is 0.316 e. The molecule has 1 heterocycles. The van der Waals surface area contributed by atoms with Gasteiger partial charge in [0.05, 0.1) is 6.20 Å². The van der Waals surface area contributed by atoms with Gasteiger partial charge < -0.3 is 11.1 Å². The van der Waals surface area contributed by atoms with Gasteiger partial charge >= 0.3 is 0 Å². The Morgan fingerprint density at radius 1 is 1.04 bits per heavy atom. The van der Waals surface area contributed by atoms with Gasteiger partial charge in [-0.25, -0.2) is 4.98 Å². The quantitative estimate of drug-likeness (QED) is 0.754. The van der Waals surface area contributed by atoms with Crippen LogP contribution in [0.1, 0.15) is 11.6 Å². The fourth-order valence-corrected chi connectivity index (χ4v) is 2.88. The molecule has 1 unspecified atom stereocenters. The van der Waals surface area contributed by atoms with Gasteiger partial charge in [-0.2, -0.15) is 0 Å². The van der Waals surface area contributed by atoms with E-state index in [2.05, 4.69) is 10.3 Å². The van der Waals surface area contributed by atoms with Crippen LogP contribution in [-0.2, 0) is 4.79 Å². The van der Waals surface area contributed by atoms with E-state index in [0.29, 0.717) is 5.00 Å². The predicted molar refractivity (Wildman–Crippen MR) is 96.8 cm³/mol. The highest BCUT2D eigenvalue weighted by molar-refractivity contribution is 7.19. The first-order chi connectivity index (χ1) is 10.7. The molecule has 0 aliphatic rings. The molecular formula is C17H16ClN3OS. The van der Waals surface area contributed by atoms with Crippen LogP contribution in [0.3, 0.4) is 0 Å². The minimum atomic E-state index is -0.691. The third-order valence-corrected chi connectivity index (χ3v) is 4.18. The Balaban J connectivity index is 0.00000192. The second kappa shape index (κ2) is 7.87. The molecule has 0 aliphatic heterocycles. The molecule has 0 aliphatic carbocycles. The Morgan fingerprint density at radius 2 is 1.65 bits per heavy atom. The molecule has 2 aromatic carbocycles. The third kappa shape index (κ3) is 4.16. The van der Waals surface area contributed by atoms with Crippen LogP contribution in [0.4, 0.5) is 5.00 Å². The summed E-state index contributed by atoms with van der Waals surface area (Å²) in [6.45, 7) is 0. The van der Waals surface area contributed by atoms with Gasteiger partial charge in [0.2, 0.25) is 5.91 Å². The van der Waals surface area contributed by atoms with Crippen LogP contribution in [0.2, 0.25) is 0 Å². The lowest BCUT2D eigenvalue weighted by atomic mass is 10.1. The maximum atomic E-state index is 12.2. The third-order valence-electron chi connectivity index (χ3n) is 3.21. The first-order valence-electron chi connectivity index (χ1n) is 6.86. The molecule has 118 valence electrons. The standard InChI is InChI=1S/C17H15N3OS.ClH/c18-15(12-7-3-1-4-8-12)16(21)20-14-11-19-17(22-14)13-9-5-2-6-10-13;/h1-11,15H,18H2,(H,20,21);1H. The Morgan fingerprint density at radius 3 is 2.30 bits per heavy atom. The van der Waals surface area contributed by atoms with Gasteiger partial charge in [0.25, 0.3) is 0 Å². The summed E-state index contributed by atoms with van der Waals surface area (Å²) < 4.78 is 0. The number of aromatic nitrogens is 1. The van der Waals surface area contributed by atoms with Gasteiger partial charge in [-0.1, -0.05) is 72.0 Å². The maximum absolute atomic E-state index is 12.2. The SMILES string of the molecule is Cl.NC(C(=O)Nc1cnc(-c2ccccc2)s1)c1ccccc1. The summed E-state index contributed by atoms with van der Waals surface area (Å²) in [5, 5.41) is 4.38. The zero-order valence-corrected chi connectivity index (χ0v) is 13.8. The summed E-state index contributed by atoms with van der Waals surface area (Å²) >= 11 is 1.43. The van der Waals surface area contributed by atoms with Crippen LogP contribution >= 0.6 is 23.7 Å². The second-order valence-electron chi connectivity index (χ2n) is 4.77. The van der Waals surface area contributed by atoms with Crippen LogP contribution in [0.5, 0.6) is 0 Å². The molecule has 1 aromatic heterocycles. The summed E-state index contributed by atoms with van der Waals surface area (Å²) in [7, 11) is 0. The lowest BCUT2D eigenvalue weighted by molar-refractivity contribution is -0.117. The minimum absolute atomic E-state index is 0. The van der Waals surface area contributed by atoms with Crippen molar-refractivity contribution in [2.24, 2.45) is 5.73 Å². The molecule has 0 radical (unpaired) electrons. The van der Waals surface area contributed by atoms with Gasteiger partial charge in [0.15, 0.2) is 0 Å². The number of nitrogens with zero attached hydrogens (tertiary/aromatic N) is 1. The van der Waals surface area contributed by atoms with E-state index in [4.69, 9.17) is 5.73 Å². The van der Waals surface area contributed by atoms with Crippen LogP contribution < -0.4 is 11.1 Å². The zero-order valence-electron chi connectivity index (χ0n) is 12.2. The van der Waals surface area contributed by atoms with Crippen LogP contribution in [0.15, 0.2) is 66.9 Å². The second-order valence-corrected chi connectivity index (χ2v) is 5.80. The number of rotatable bonds is 4. The van der Waals surface area contributed by atoms with Gasteiger partial charge in [-0.15, -0.1) is 12.4 Å². The molecule has 0 fully saturated rings. The number of carbonyl (C=O) groups excluding carboxylic acids is 1. The van der Waals surface area contributed by atoms with Crippen molar-refractivity contribution in [1.29, 1.82) is 0 Å². The molecule has 0 saturated heterocycles. The van der Waals surface area contributed by atoms with E-state index in [9.17, 15) is 4.79 Å². The molecule has 3 rings (SSSR count). The summed E-state index contributed by atoms with van der Waals surface area (Å²) in [5.41, 5.74) is 7.79. The van der Waals surface area contributed by atoms with E-state index in [1.54, 1.807) is 6.20 Å². The lowest BCUT2D eigenvalue weighted by Crippen LogP contribution is -2.27. The normalized spacial score (nSPS) is 11.3. The number of nitrogens with one attached hydrogen (secondary N) is 1. The summed E-state index contributed by atoms with van der Waals surface area (Å²) in [4.78, 5) is 16.5. The number of anilines is 1. The molecule has 3 aromatic rings. The van der Waals surface area contributed by atoms with Crippen molar-refractivity contribution < 1.29 is 4.79 Å². The lowest BCUT2D eigenvalue weighted by Gasteiger charge is -2.10. The summed E-state index contributed by atoms with van der Waals surface area (Å²) in [6, 6.07) is 18.5. The van der Waals surface area contributed by atoms with E-state index in [1.165, 1.54) is 11.3 Å². The molecule has 4 nitrogen and oxygen atoms in total. The molecule has 1 amide bonds. The van der Waals surface area contributed by atoms with Crippen molar-refractivity contribution in [3.05, 3.63) is 72.4 Å². The van der Waals surface area contributed by atoms with E-state index in [0.717, 1.165) is 16.1 Å². The molecule has 23 heavy (non-hydrogen) atoms. The van der Waals surface area contributed by atoms with Crippen molar-refractivity contribution >= 4 is 34.7 Å². The molecule has 0 bridgehead atoms. The van der Waals surface area contributed by atoms with Gasteiger partial charge in [0.1, 0.15) is 16.1 Å². The highest BCUT2D eigenvalue weighted by Crippen LogP contribution is 2.28. The summed E-state index contributed by atoms with van der Waals surface area (Å²) in [6.07, 6.45) is 1.66. The molecule has 3 N–H and O–H groups in total. The molecular weight excluding hydrogens is 330 g/mol. The smallest absolute Gasteiger partial charge is 0.246 e. The molecule has 6 heteroatoms. The van der Waals surface area contributed by atoms with Gasteiger partial charge in [-0.3, -0.25) is 4.79 Å². The van der Waals surface area contributed by atoms with Crippen molar-refractivity contribution in [2.75, 3.05) is 5.32 Å². The van der Waals surface area contributed by atoms with Gasteiger partial charge in [0, 0.05) is 5.56 Å². The Kier molecular flexibility index (Phi) is 5.87.